The van der Waals surface area contributed by atoms with Gasteiger partial charge in [0.15, 0.2) is 5.82 Å². The van der Waals surface area contributed by atoms with Gasteiger partial charge in [-0.1, -0.05) is 6.92 Å². The van der Waals surface area contributed by atoms with E-state index in [0.717, 1.165) is 13.0 Å². The van der Waals surface area contributed by atoms with Crippen molar-refractivity contribution < 1.29 is 9.47 Å². The number of tetrazole rings is 1. The summed E-state index contributed by atoms with van der Waals surface area (Å²) in [7, 11) is 3.15. The molecular formula is C12H17N5O2. The van der Waals surface area contributed by atoms with E-state index in [2.05, 4.69) is 22.4 Å². The van der Waals surface area contributed by atoms with Crippen LogP contribution in [0.15, 0.2) is 12.1 Å². The molecule has 0 atom stereocenters. The molecule has 1 aromatic heterocycles. The molecule has 7 heteroatoms. The average Bonchev–Trinajstić information content (AvgIpc) is 2.87. The quantitative estimate of drug-likeness (QED) is 0.819. The van der Waals surface area contributed by atoms with Crippen molar-refractivity contribution in [3.05, 3.63) is 12.1 Å². The second kappa shape index (κ2) is 5.55. The van der Waals surface area contributed by atoms with Gasteiger partial charge in [0.2, 0.25) is 0 Å². The summed E-state index contributed by atoms with van der Waals surface area (Å²) in [5, 5.41) is 11.7. The third-order valence-corrected chi connectivity index (χ3v) is 2.78. The number of nitrogen functional groups attached to an aromatic ring is 1. The van der Waals surface area contributed by atoms with Crippen LogP contribution in [0.5, 0.6) is 11.5 Å². The van der Waals surface area contributed by atoms with E-state index in [1.54, 1.807) is 31.0 Å². The van der Waals surface area contributed by atoms with Gasteiger partial charge >= 0.3 is 0 Å². The van der Waals surface area contributed by atoms with E-state index in [4.69, 9.17) is 15.2 Å². The van der Waals surface area contributed by atoms with Crippen LogP contribution in [-0.2, 0) is 6.54 Å². The summed E-state index contributed by atoms with van der Waals surface area (Å²) in [6, 6.07) is 3.53. The number of aryl methyl sites for hydroxylation is 1. The maximum Gasteiger partial charge on any atom is 0.184 e. The lowest BCUT2D eigenvalue weighted by Crippen LogP contribution is -2.05. The fourth-order valence-corrected chi connectivity index (χ4v) is 1.83. The molecule has 2 aromatic rings. The van der Waals surface area contributed by atoms with E-state index >= 15 is 0 Å². The number of nitrogens with zero attached hydrogens (tertiary/aromatic N) is 4. The molecule has 0 bridgehead atoms. The van der Waals surface area contributed by atoms with Crippen LogP contribution in [0.4, 0.5) is 5.69 Å². The Morgan fingerprint density at radius 2 is 2.05 bits per heavy atom. The largest absolute Gasteiger partial charge is 0.497 e. The molecule has 19 heavy (non-hydrogen) atoms. The Labute approximate surface area is 111 Å². The number of hydrogen-bond acceptors (Lipinski definition) is 6. The number of methoxy groups -OCH3 is 2. The van der Waals surface area contributed by atoms with Crippen molar-refractivity contribution in [1.82, 2.24) is 20.2 Å². The van der Waals surface area contributed by atoms with E-state index in [9.17, 15) is 0 Å². The summed E-state index contributed by atoms with van der Waals surface area (Å²) in [6.45, 7) is 2.78. The Bertz CT molecular complexity index is 567. The SMILES string of the molecule is CCCn1nnnc1-c1cc(OC)cc(OC)c1N. The first-order valence-corrected chi connectivity index (χ1v) is 5.99. The molecule has 0 saturated heterocycles. The second-order valence-electron chi connectivity index (χ2n) is 4.02. The molecule has 0 aliphatic rings. The minimum Gasteiger partial charge on any atom is -0.497 e. The molecule has 0 amide bonds. The summed E-state index contributed by atoms with van der Waals surface area (Å²) >= 11 is 0. The molecule has 0 fully saturated rings. The third-order valence-electron chi connectivity index (χ3n) is 2.78. The Morgan fingerprint density at radius 3 is 2.68 bits per heavy atom. The molecule has 0 saturated carbocycles. The lowest BCUT2D eigenvalue weighted by Gasteiger charge is -2.12. The van der Waals surface area contributed by atoms with E-state index in [0.29, 0.717) is 28.6 Å². The molecular weight excluding hydrogens is 246 g/mol. The normalized spacial score (nSPS) is 10.5. The number of anilines is 1. The summed E-state index contributed by atoms with van der Waals surface area (Å²) in [6.07, 6.45) is 0.930. The first kappa shape index (κ1) is 13.1. The Morgan fingerprint density at radius 1 is 1.26 bits per heavy atom. The predicted octanol–water partition coefficient (Wildman–Crippen LogP) is 1.35. The van der Waals surface area contributed by atoms with E-state index in [1.807, 2.05) is 0 Å². The molecule has 0 aliphatic carbocycles. The highest BCUT2D eigenvalue weighted by Gasteiger charge is 2.16. The lowest BCUT2D eigenvalue weighted by atomic mass is 10.1. The summed E-state index contributed by atoms with van der Waals surface area (Å²) < 4.78 is 12.2. The van der Waals surface area contributed by atoms with Crippen molar-refractivity contribution >= 4 is 5.69 Å². The third kappa shape index (κ3) is 2.44. The van der Waals surface area contributed by atoms with Crippen LogP contribution in [0.1, 0.15) is 13.3 Å². The van der Waals surface area contributed by atoms with Crippen LogP contribution in [0.25, 0.3) is 11.4 Å². The van der Waals surface area contributed by atoms with Crippen molar-refractivity contribution in [2.45, 2.75) is 19.9 Å². The van der Waals surface area contributed by atoms with Gasteiger partial charge in [-0.15, -0.1) is 5.10 Å². The lowest BCUT2D eigenvalue weighted by molar-refractivity contribution is 0.396. The van der Waals surface area contributed by atoms with Gasteiger partial charge in [-0.05, 0) is 22.9 Å². The van der Waals surface area contributed by atoms with Gasteiger partial charge in [0, 0.05) is 12.6 Å². The first-order valence-electron chi connectivity index (χ1n) is 5.99. The highest BCUT2D eigenvalue weighted by molar-refractivity contribution is 5.78. The fraction of sp³-hybridized carbons (Fsp3) is 0.417. The number of benzene rings is 1. The standard InChI is InChI=1S/C12H17N5O2/c1-4-5-17-12(14-15-16-17)9-6-8(18-2)7-10(19-3)11(9)13/h6-7H,4-5,13H2,1-3H3. The van der Waals surface area contributed by atoms with Crippen LogP contribution in [-0.4, -0.2) is 34.4 Å². The van der Waals surface area contributed by atoms with E-state index < -0.39 is 0 Å². The second-order valence-corrected chi connectivity index (χ2v) is 4.02. The van der Waals surface area contributed by atoms with Crippen LogP contribution >= 0.6 is 0 Å². The van der Waals surface area contributed by atoms with Crippen LogP contribution in [0.3, 0.4) is 0 Å². The van der Waals surface area contributed by atoms with Crippen molar-refractivity contribution in [2.24, 2.45) is 0 Å². The number of rotatable bonds is 5. The first-order chi connectivity index (χ1) is 9.21. The summed E-state index contributed by atoms with van der Waals surface area (Å²) in [4.78, 5) is 0. The molecule has 1 heterocycles. The van der Waals surface area contributed by atoms with Crippen LogP contribution in [0, 0.1) is 0 Å². The summed E-state index contributed by atoms with van der Waals surface area (Å²) in [5.41, 5.74) is 7.28. The predicted molar refractivity (Wildman–Crippen MR) is 71.1 cm³/mol. The zero-order chi connectivity index (χ0) is 13.8. The van der Waals surface area contributed by atoms with E-state index in [-0.39, 0.29) is 0 Å². The molecule has 0 unspecified atom stereocenters. The van der Waals surface area contributed by atoms with Crippen molar-refractivity contribution in [3.8, 4) is 22.9 Å². The van der Waals surface area contributed by atoms with Gasteiger partial charge in [-0.25, -0.2) is 4.68 Å². The molecule has 102 valence electrons. The minimum atomic E-state index is 0.496. The van der Waals surface area contributed by atoms with Crippen molar-refractivity contribution in [2.75, 3.05) is 20.0 Å². The van der Waals surface area contributed by atoms with Gasteiger partial charge in [-0.2, -0.15) is 0 Å². The van der Waals surface area contributed by atoms with Gasteiger partial charge in [-0.3, -0.25) is 0 Å². The Balaban J connectivity index is 2.57. The monoisotopic (exact) mass is 263 g/mol. The summed E-state index contributed by atoms with van der Waals surface area (Å²) in [5.74, 6) is 1.80. The highest BCUT2D eigenvalue weighted by Crippen LogP contribution is 2.36. The molecule has 0 radical (unpaired) electrons. The molecule has 2 rings (SSSR count). The number of hydrogen-bond donors (Lipinski definition) is 1. The fourth-order valence-electron chi connectivity index (χ4n) is 1.83. The van der Waals surface area contributed by atoms with Crippen molar-refractivity contribution in [3.63, 3.8) is 0 Å². The number of aromatic nitrogens is 4. The molecule has 1 aromatic carbocycles. The highest BCUT2D eigenvalue weighted by atomic mass is 16.5. The topological polar surface area (TPSA) is 88.1 Å². The maximum absolute atomic E-state index is 6.08. The molecule has 0 spiro atoms. The van der Waals surface area contributed by atoms with Crippen LogP contribution in [0.2, 0.25) is 0 Å². The van der Waals surface area contributed by atoms with Crippen LogP contribution < -0.4 is 15.2 Å². The maximum atomic E-state index is 6.08. The number of ether oxygens (including phenoxy) is 2. The Kier molecular flexibility index (Phi) is 3.84. The van der Waals surface area contributed by atoms with E-state index in [1.165, 1.54) is 0 Å². The number of nitrogens with two attached hydrogens (primary N) is 1. The van der Waals surface area contributed by atoms with Gasteiger partial charge in [0.1, 0.15) is 11.5 Å². The molecule has 0 aliphatic heterocycles. The molecule has 7 nitrogen and oxygen atoms in total. The van der Waals surface area contributed by atoms with Gasteiger partial charge in [0.25, 0.3) is 0 Å². The van der Waals surface area contributed by atoms with Gasteiger partial charge in [0.05, 0.1) is 25.5 Å². The zero-order valence-corrected chi connectivity index (χ0v) is 11.3. The Hall–Kier alpha value is -2.31. The van der Waals surface area contributed by atoms with Crippen molar-refractivity contribution in [1.29, 1.82) is 0 Å². The average molecular weight is 263 g/mol. The minimum absolute atomic E-state index is 0.496. The smallest absolute Gasteiger partial charge is 0.184 e. The van der Waals surface area contributed by atoms with Gasteiger partial charge < -0.3 is 15.2 Å². The zero-order valence-electron chi connectivity index (χ0n) is 11.3. The molecule has 2 N–H and O–H groups in total.